The quantitative estimate of drug-likeness (QED) is 0.230. The first kappa shape index (κ1) is 29.7. The van der Waals surface area contributed by atoms with Crippen molar-refractivity contribution in [2.45, 2.75) is 84.5 Å². The number of nitrogens with one attached hydrogen (secondary N) is 2. The van der Waals surface area contributed by atoms with Crippen LogP contribution in [0.4, 0.5) is 4.79 Å². The van der Waals surface area contributed by atoms with E-state index < -0.39 is 35.4 Å². The van der Waals surface area contributed by atoms with Crippen molar-refractivity contribution >= 4 is 28.9 Å². The van der Waals surface area contributed by atoms with Crippen molar-refractivity contribution in [2.75, 3.05) is 13.2 Å². The van der Waals surface area contributed by atoms with Gasteiger partial charge in [0.2, 0.25) is 5.91 Å². The van der Waals surface area contributed by atoms with E-state index in [1.54, 1.807) is 45.0 Å². The molecule has 2 N–H and O–H groups in total. The van der Waals surface area contributed by atoms with Gasteiger partial charge < -0.3 is 29.3 Å². The molecule has 1 unspecified atom stereocenters. The third-order valence-corrected chi connectivity index (χ3v) is 5.22. The predicted molar refractivity (Wildman–Crippen MR) is 138 cm³/mol. The molecular weight excluding hydrogens is 480 g/mol. The highest BCUT2D eigenvalue weighted by Crippen LogP contribution is 2.20. The Kier molecular flexibility index (Phi) is 11.4. The number of hydrogen-bond donors (Lipinski definition) is 2. The van der Waals surface area contributed by atoms with Crippen molar-refractivity contribution in [3.8, 4) is 5.75 Å². The average molecular weight is 519 g/mol. The lowest BCUT2D eigenvalue weighted by molar-refractivity contribution is -0.150. The second kappa shape index (κ2) is 14.2. The van der Waals surface area contributed by atoms with Crippen LogP contribution >= 0.6 is 0 Å². The minimum atomic E-state index is -0.848. The van der Waals surface area contributed by atoms with Gasteiger partial charge >= 0.3 is 17.7 Å². The zero-order valence-corrected chi connectivity index (χ0v) is 22.3. The van der Waals surface area contributed by atoms with Crippen LogP contribution < -0.4 is 21.0 Å². The predicted octanol–water partition coefficient (Wildman–Crippen LogP) is 4.08. The van der Waals surface area contributed by atoms with Crippen LogP contribution in [-0.4, -0.2) is 48.9 Å². The summed E-state index contributed by atoms with van der Waals surface area (Å²) in [6.07, 6.45) is 1.90. The Morgan fingerprint density at radius 3 is 2.51 bits per heavy atom. The summed E-state index contributed by atoms with van der Waals surface area (Å²) in [4.78, 5) is 48.2. The number of carbonyl (C=O) groups excluding carboxylic acids is 3. The minimum Gasteiger partial charge on any atom is -0.493 e. The van der Waals surface area contributed by atoms with Crippen molar-refractivity contribution in [1.82, 2.24) is 10.6 Å². The molecule has 0 fully saturated rings. The first-order valence-electron chi connectivity index (χ1n) is 12.6. The van der Waals surface area contributed by atoms with Gasteiger partial charge in [0.15, 0.2) is 0 Å². The maximum Gasteiger partial charge on any atom is 0.408 e. The van der Waals surface area contributed by atoms with E-state index in [1.165, 1.54) is 13.0 Å². The molecule has 1 aromatic carbocycles. The number of benzene rings is 1. The van der Waals surface area contributed by atoms with E-state index in [0.29, 0.717) is 24.2 Å². The summed E-state index contributed by atoms with van der Waals surface area (Å²) >= 11 is 0. The number of unbranched alkanes of at least 4 members (excludes halogenated alkanes) is 2. The topological polar surface area (TPSA) is 133 Å². The second-order valence-corrected chi connectivity index (χ2v) is 9.77. The molecule has 37 heavy (non-hydrogen) atoms. The summed E-state index contributed by atoms with van der Waals surface area (Å²) in [5, 5.41) is 5.96. The molecule has 10 heteroatoms. The van der Waals surface area contributed by atoms with E-state index in [-0.39, 0.29) is 19.1 Å². The van der Waals surface area contributed by atoms with Crippen LogP contribution in [0, 0.1) is 0 Å². The number of hydrogen-bond acceptors (Lipinski definition) is 8. The molecule has 0 saturated carbocycles. The Balaban J connectivity index is 1.93. The molecule has 2 rings (SSSR count). The Bertz CT molecular complexity index is 1110. The lowest BCUT2D eigenvalue weighted by atomic mass is 10.2. The number of fused-ring (bicyclic) bond motifs is 1. The number of carbonyl (C=O) groups is 3. The molecule has 1 heterocycles. The fraction of sp³-hybridized carbons (Fsp3) is 0.556. The number of amides is 2. The van der Waals surface area contributed by atoms with E-state index in [2.05, 4.69) is 10.6 Å². The zero-order valence-electron chi connectivity index (χ0n) is 22.3. The van der Waals surface area contributed by atoms with Crippen molar-refractivity contribution in [3.63, 3.8) is 0 Å². The molecule has 0 radical (unpaired) electrons. The first-order valence-corrected chi connectivity index (χ1v) is 12.6. The van der Waals surface area contributed by atoms with Crippen LogP contribution in [0.5, 0.6) is 5.75 Å². The fourth-order valence-electron chi connectivity index (χ4n) is 3.32. The summed E-state index contributed by atoms with van der Waals surface area (Å²) in [5.74, 6) is -0.294. The number of rotatable bonds is 13. The summed E-state index contributed by atoms with van der Waals surface area (Å²) < 4.78 is 21.7. The van der Waals surface area contributed by atoms with E-state index in [0.717, 1.165) is 24.6 Å². The lowest BCUT2D eigenvalue weighted by Gasteiger charge is -2.23. The molecular formula is C27H38N2O8. The maximum atomic E-state index is 12.5. The van der Waals surface area contributed by atoms with Crippen molar-refractivity contribution in [3.05, 3.63) is 40.8 Å². The standard InChI is InChI=1S/C27H38N2O8/c1-6-7-8-9-23(30)35-21(17-28-25(32)18(2)29-26(33)37-27(3,4)5)14-15-34-20-12-10-19-11-13-24(31)36-22(19)16-20/h10-13,16,18,21H,6-9,14-15,17H2,1-5H3,(H,28,32)(H,29,33)/t18-,21?/m0/s1. The second-order valence-electron chi connectivity index (χ2n) is 9.77. The summed E-state index contributed by atoms with van der Waals surface area (Å²) in [6.45, 7) is 9.01. The van der Waals surface area contributed by atoms with Crippen LogP contribution in [0.3, 0.4) is 0 Å². The SMILES string of the molecule is CCCCCC(=O)OC(CCOc1ccc2ccc(=O)oc2c1)CNC(=O)[C@H](C)NC(=O)OC(C)(C)C. The van der Waals surface area contributed by atoms with Gasteiger partial charge in [-0.25, -0.2) is 9.59 Å². The largest absolute Gasteiger partial charge is 0.493 e. The van der Waals surface area contributed by atoms with Gasteiger partial charge in [-0.1, -0.05) is 19.8 Å². The first-order chi connectivity index (χ1) is 17.5. The molecule has 2 atom stereocenters. The molecule has 0 bridgehead atoms. The fourth-order valence-corrected chi connectivity index (χ4v) is 3.32. The molecule has 0 spiro atoms. The lowest BCUT2D eigenvalue weighted by Crippen LogP contribution is -2.48. The third kappa shape index (κ3) is 11.4. The van der Waals surface area contributed by atoms with Crippen LogP contribution in [0.1, 0.15) is 66.7 Å². The van der Waals surface area contributed by atoms with Crippen LogP contribution in [0.25, 0.3) is 11.0 Å². The zero-order chi connectivity index (χ0) is 27.4. The molecule has 204 valence electrons. The number of esters is 1. The summed E-state index contributed by atoms with van der Waals surface area (Å²) in [7, 11) is 0. The molecule has 1 aromatic heterocycles. The van der Waals surface area contributed by atoms with Crippen LogP contribution in [0.15, 0.2) is 39.5 Å². The Labute approximate surface area is 217 Å². The monoisotopic (exact) mass is 518 g/mol. The normalized spacial score (nSPS) is 12.9. The van der Waals surface area contributed by atoms with Gasteiger partial charge in [0.05, 0.1) is 13.2 Å². The summed E-state index contributed by atoms with van der Waals surface area (Å²) in [5.41, 5.74) is -0.734. The van der Waals surface area contributed by atoms with Crippen LogP contribution in [-0.2, 0) is 19.1 Å². The van der Waals surface area contributed by atoms with Crippen molar-refractivity contribution < 1.29 is 33.0 Å². The highest BCUT2D eigenvalue weighted by atomic mass is 16.6. The van der Waals surface area contributed by atoms with E-state index in [1.807, 2.05) is 6.92 Å². The van der Waals surface area contributed by atoms with Crippen molar-refractivity contribution in [1.29, 1.82) is 0 Å². The molecule has 0 aliphatic heterocycles. The van der Waals surface area contributed by atoms with E-state index >= 15 is 0 Å². The number of ether oxygens (including phenoxy) is 3. The van der Waals surface area contributed by atoms with E-state index in [9.17, 15) is 19.2 Å². The van der Waals surface area contributed by atoms with Gasteiger partial charge in [0.1, 0.15) is 29.1 Å². The number of alkyl carbamates (subject to hydrolysis) is 1. The highest BCUT2D eigenvalue weighted by Gasteiger charge is 2.22. The smallest absolute Gasteiger partial charge is 0.408 e. The minimum absolute atomic E-state index is 0.0502. The van der Waals surface area contributed by atoms with Crippen molar-refractivity contribution in [2.24, 2.45) is 0 Å². The van der Waals surface area contributed by atoms with Gasteiger partial charge in [-0.2, -0.15) is 0 Å². The maximum absolute atomic E-state index is 12.5. The Morgan fingerprint density at radius 2 is 1.81 bits per heavy atom. The molecule has 0 aliphatic carbocycles. The van der Waals surface area contributed by atoms with Gasteiger partial charge in [-0.05, 0) is 52.3 Å². The summed E-state index contributed by atoms with van der Waals surface area (Å²) in [6, 6.07) is 7.31. The van der Waals surface area contributed by atoms with E-state index in [4.69, 9.17) is 18.6 Å². The van der Waals surface area contributed by atoms with Gasteiger partial charge in [0, 0.05) is 30.4 Å². The Hall–Kier alpha value is -3.56. The van der Waals surface area contributed by atoms with Gasteiger partial charge in [-0.3, -0.25) is 9.59 Å². The highest BCUT2D eigenvalue weighted by molar-refractivity contribution is 5.85. The molecule has 0 aliphatic rings. The Morgan fingerprint density at radius 1 is 1.08 bits per heavy atom. The molecule has 0 saturated heterocycles. The third-order valence-electron chi connectivity index (χ3n) is 5.22. The van der Waals surface area contributed by atoms with Crippen LogP contribution in [0.2, 0.25) is 0 Å². The molecule has 2 amide bonds. The van der Waals surface area contributed by atoms with Gasteiger partial charge in [0.25, 0.3) is 0 Å². The van der Waals surface area contributed by atoms with Gasteiger partial charge in [-0.15, -0.1) is 0 Å². The molecule has 10 nitrogen and oxygen atoms in total. The average Bonchev–Trinajstić information content (AvgIpc) is 2.80. The molecule has 2 aromatic rings.